The zero-order chi connectivity index (χ0) is 10.7. The smallest absolute Gasteiger partial charge is 0.390 e. The molecule has 0 N–H and O–H groups in total. The van der Waals surface area contributed by atoms with Crippen LogP contribution in [0.1, 0.15) is 12.6 Å². The van der Waals surface area contributed by atoms with E-state index >= 15 is 0 Å². The van der Waals surface area contributed by atoms with E-state index in [0.29, 0.717) is 6.42 Å². The summed E-state index contributed by atoms with van der Waals surface area (Å²) in [7, 11) is 3.23. The molecule has 0 spiro atoms. The number of aromatic nitrogens is 2. The predicted molar refractivity (Wildman–Crippen MR) is 50.0 cm³/mol. The summed E-state index contributed by atoms with van der Waals surface area (Å²) >= 11 is 0. The van der Waals surface area contributed by atoms with Gasteiger partial charge >= 0.3 is 5.95 Å². The molecule has 0 aliphatic carbocycles. The number of nitro groups is 1. The van der Waals surface area contributed by atoms with Gasteiger partial charge in [-0.3, -0.25) is 0 Å². The van der Waals surface area contributed by atoms with Gasteiger partial charge in [0.15, 0.2) is 0 Å². The van der Waals surface area contributed by atoms with Gasteiger partial charge in [-0.1, -0.05) is 4.98 Å². The van der Waals surface area contributed by atoms with Crippen LogP contribution in [0.25, 0.3) is 0 Å². The number of imidazole rings is 1. The lowest BCUT2D eigenvalue weighted by Crippen LogP contribution is -2.12. The maximum atomic E-state index is 10.5. The molecule has 0 saturated heterocycles. The van der Waals surface area contributed by atoms with Crippen molar-refractivity contribution in [2.45, 2.75) is 19.4 Å². The zero-order valence-corrected chi connectivity index (χ0v) is 8.43. The van der Waals surface area contributed by atoms with Gasteiger partial charge in [0.2, 0.25) is 0 Å². The highest BCUT2D eigenvalue weighted by atomic mass is 16.6. The molecular weight excluding hydrogens is 186 g/mol. The largest absolute Gasteiger partial charge is 0.434 e. The Labute approximate surface area is 81.7 Å². The van der Waals surface area contributed by atoms with Crippen LogP contribution in [0.2, 0.25) is 0 Å². The normalized spacial score (nSPS) is 12.8. The fraction of sp³-hybridized carbons (Fsp3) is 0.625. The molecule has 6 nitrogen and oxygen atoms in total. The monoisotopic (exact) mass is 199 g/mol. The standard InChI is InChI=1S/C8H13N3O3/c1-6(14-3)4-7-5-9-8(10(7)2)11(12)13/h5-6H,4H2,1-3H3. The van der Waals surface area contributed by atoms with Crippen molar-refractivity contribution < 1.29 is 9.66 Å². The molecule has 0 saturated carbocycles. The first-order chi connectivity index (χ1) is 6.56. The van der Waals surface area contributed by atoms with Crippen molar-refractivity contribution in [2.75, 3.05) is 7.11 Å². The van der Waals surface area contributed by atoms with Gasteiger partial charge in [-0.2, -0.15) is 0 Å². The number of ether oxygens (including phenoxy) is 1. The fourth-order valence-electron chi connectivity index (χ4n) is 1.17. The summed E-state index contributed by atoms with van der Waals surface area (Å²) in [5.41, 5.74) is 0.797. The Hall–Kier alpha value is -1.43. The Morgan fingerprint density at radius 1 is 1.79 bits per heavy atom. The minimum absolute atomic E-state index is 0.0324. The molecule has 1 atom stereocenters. The quantitative estimate of drug-likeness (QED) is 0.533. The molecule has 1 heterocycles. The topological polar surface area (TPSA) is 70.2 Å². The zero-order valence-electron chi connectivity index (χ0n) is 8.43. The van der Waals surface area contributed by atoms with Crippen molar-refractivity contribution in [3.63, 3.8) is 0 Å². The van der Waals surface area contributed by atoms with Crippen LogP contribution >= 0.6 is 0 Å². The lowest BCUT2D eigenvalue weighted by Gasteiger charge is -2.06. The molecule has 0 fully saturated rings. The highest BCUT2D eigenvalue weighted by Gasteiger charge is 2.18. The van der Waals surface area contributed by atoms with E-state index in [1.165, 1.54) is 10.8 Å². The second-order valence-electron chi connectivity index (χ2n) is 3.12. The van der Waals surface area contributed by atoms with Gasteiger partial charge in [0.05, 0.1) is 13.2 Å². The molecule has 6 heteroatoms. The Morgan fingerprint density at radius 3 is 2.86 bits per heavy atom. The first-order valence-corrected chi connectivity index (χ1v) is 4.24. The molecule has 1 aromatic rings. The highest BCUT2D eigenvalue weighted by Crippen LogP contribution is 2.12. The van der Waals surface area contributed by atoms with Crippen LogP contribution in [0.15, 0.2) is 6.20 Å². The maximum Gasteiger partial charge on any atom is 0.434 e. The van der Waals surface area contributed by atoms with Crippen LogP contribution in [0.5, 0.6) is 0 Å². The molecule has 14 heavy (non-hydrogen) atoms. The lowest BCUT2D eigenvalue weighted by atomic mass is 10.2. The molecule has 0 radical (unpaired) electrons. The van der Waals surface area contributed by atoms with E-state index in [9.17, 15) is 10.1 Å². The van der Waals surface area contributed by atoms with Gasteiger partial charge in [0.1, 0.15) is 11.9 Å². The third kappa shape index (κ3) is 2.08. The van der Waals surface area contributed by atoms with Gasteiger partial charge in [-0.15, -0.1) is 0 Å². The third-order valence-electron chi connectivity index (χ3n) is 2.12. The van der Waals surface area contributed by atoms with Crippen LogP contribution in [0.3, 0.4) is 0 Å². The molecule has 0 bridgehead atoms. The molecule has 0 amide bonds. The summed E-state index contributed by atoms with van der Waals surface area (Å²) in [6.07, 6.45) is 2.16. The molecule has 78 valence electrons. The van der Waals surface area contributed by atoms with E-state index in [2.05, 4.69) is 4.98 Å². The fourth-order valence-corrected chi connectivity index (χ4v) is 1.17. The predicted octanol–water partition coefficient (Wildman–Crippen LogP) is 0.906. The molecule has 0 aliphatic heterocycles. The molecule has 0 aliphatic rings. The second kappa shape index (κ2) is 4.19. The number of rotatable bonds is 4. The highest BCUT2D eigenvalue weighted by molar-refractivity contribution is 5.15. The Morgan fingerprint density at radius 2 is 2.43 bits per heavy atom. The van der Waals surface area contributed by atoms with Gasteiger partial charge in [0.25, 0.3) is 0 Å². The Balaban J connectivity index is 2.84. The summed E-state index contributed by atoms with van der Waals surface area (Å²) in [6, 6.07) is 0. The number of methoxy groups -OCH3 is 1. The molecule has 0 aromatic carbocycles. The minimum atomic E-state index is -0.499. The van der Waals surface area contributed by atoms with Crippen LogP contribution < -0.4 is 0 Å². The summed E-state index contributed by atoms with van der Waals surface area (Å²) in [5, 5.41) is 10.5. The Kier molecular flexibility index (Phi) is 3.19. The van der Waals surface area contributed by atoms with Crippen molar-refractivity contribution in [3.8, 4) is 0 Å². The SMILES string of the molecule is COC(C)Cc1cnc([N+](=O)[O-])n1C. The minimum Gasteiger partial charge on any atom is -0.390 e. The van der Waals surface area contributed by atoms with Crippen LogP contribution in [0, 0.1) is 10.1 Å². The van der Waals surface area contributed by atoms with E-state index in [1.54, 1.807) is 14.2 Å². The average molecular weight is 199 g/mol. The molecule has 1 unspecified atom stereocenters. The summed E-state index contributed by atoms with van der Waals surface area (Å²) in [5.74, 6) is -0.136. The molecular formula is C8H13N3O3. The number of hydrogen-bond donors (Lipinski definition) is 0. The van der Waals surface area contributed by atoms with Crippen molar-refractivity contribution >= 4 is 5.95 Å². The third-order valence-corrected chi connectivity index (χ3v) is 2.12. The van der Waals surface area contributed by atoms with Crippen LogP contribution in [-0.4, -0.2) is 27.7 Å². The second-order valence-corrected chi connectivity index (χ2v) is 3.12. The first-order valence-electron chi connectivity index (χ1n) is 4.24. The first kappa shape index (κ1) is 10.6. The Bertz CT molecular complexity index is 335. The van der Waals surface area contributed by atoms with Crippen molar-refractivity contribution in [2.24, 2.45) is 7.05 Å². The van der Waals surface area contributed by atoms with Gasteiger partial charge in [-0.05, 0) is 11.8 Å². The van der Waals surface area contributed by atoms with E-state index in [0.717, 1.165) is 5.69 Å². The van der Waals surface area contributed by atoms with E-state index in [4.69, 9.17) is 4.74 Å². The van der Waals surface area contributed by atoms with Crippen molar-refractivity contribution in [3.05, 3.63) is 22.0 Å². The number of hydrogen-bond acceptors (Lipinski definition) is 4. The van der Waals surface area contributed by atoms with Crippen molar-refractivity contribution in [1.29, 1.82) is 0 Å². The summed E-state index contributed by atoms with van der Waals surface area (Å²) in [6.45, 7) is 1.90. The number of nitrogens with zero attached hydrogens (tertiary/aromatic N) is 3. The summed E-state index contributed by atoms with van der Waals surface area (Å²) in [4.78, 5) is 13.7. The van der Waals surface area contributed by atoms with Gasteiger partial charge < -0.3 is 14.9 Å². The van der Waals surface area contributed by atoms with E-state index in [1.807, 2.05) is 6.92 Å². The summed E-state index contributed by atoms with van der Waals surface area (Å²) < 4.78 is 6.54. The van der Waals surface area contributed by atoms with Crippen molar-refractivity contribution in [1.82, 2.24) is 9.55 Å². The molecule has 1 rings (SSSR count). The molecule has 1 aromatic heterocycles. The average Bonchev–Trinajstić information content (AvgIpc) is 2.48. The van der Waals surface area contributed by atoms with Gasteiger partial charge in [0, 0.05) is 13.5 Å². The van der Waals surface area contributed by atoms with Crippen LogP contribution in [-0.2, 0) is 18.2 Å². The van der Waals surface area contributed by atoms with E-state index in [-0.39, 0.29) is 12.1 Å². The van der Waals surface area contributed by atoms with Crippen LogP contribution in [0.4, 0.5) is 5.95 Å². The maximum absolute atomic E-state index is 10.5. The lowest BCUT2D eigenvalue weighted by molar-refractivity contribution is -0.396. The van der Waals surface area contributed by atoms with Gasteiger partial charge in [-0.25, -0.2) is 4.57 Å². The van der Waals surface area contributed by atoms with E-state index < -0.39 is 4.92 Å².